The monoisotopic (exact) mass is 283 g/mol. The lowest BCUT2D eigenvalue weighted by Crippen LogP contribution is -2.05. The van der Waals surface area contributed by atoms with Crippen molar-refractivity contribution in [3.8, 4) is 5.88 Å². The van der Waals surface area contributed by atoms with Crippen molar-refractivity contribution in [2.24, 2.45) is 10.2 Å². The fourth-order valence-corrected chi connectivity index (χ4v) is 2.15. The highest BCUT2D eigenvalue weighted by atomic mass is 16.3. The van der Waals surface area contributed by atoms with E-state index in [0.29, 0.717) is 11.4 Å². The van der Waals surface area contributed by atoms with Crippen LogP contribution in [0.1, 0.15) is 11.3 Å². The Hall–Kier alpha value is -2.96. The van der Waals surface area contributed by atoms with Crippen molar-refractivity contribution in [1.82, 2.24) is 15.0 Å². The minimum absolute atomic E-state index is 0.0712. The van der Waals surface area contributed by atoms with Gasteiger partial charge in [-0.05, 0) is 19.4 Å². The van der Waals surface area contributed by atoms with E-state index in [0.717, 1.165) is 16.5 Å². The molecule has 3 aromatic rings. The van der Waals surface area contributed by atoms with Gasteiger partial charge in [-0.3, -0.25) is 9.78 Å². The standard InChI is InChI=1S/C14H13N5O2/c1-7-4-3-5-9-11(7)17-13(21)12(9)18-19-14-15-8(2)6-10(20)16-14/h3-6,17,21H,1-2H3,(H,15,16,20). The average molecular weight is 283 g/mol. The normalized spacial score (nSPS) is 11.5. The Labute approximate surface area is 119 Å². The number of para-hydroxylation sites is 1. The summed E-state index contributed by atoms with van der Waals surface area (Å²) in [6, 6.07) is 7.00. The molecule has 0 bridgehead atoms. The Morgan fingerprint density at radius 2 is 2.00 bits per heavy atom. The fourth-order valence-electron chi connectivity index (χ4n) is 2.15. The largest absolute Gasteiger partial charge is 0.493 e. The molecule has 0 aliphatic carbocycles. The Balaban J connectivity index is 2.09. The molecule has 0 atom stereocenters. The van der Waals surface area contributed by atoms with Gasteiger partial charge in [-0.1, -0.05) is 18.2 Å². The Morgan fingerprint density at radius 3 is 2.76 bits per heavy atom. The molecule has 0 spiro atoms. The SMILES string of the molecule is Cc1cc(=O)[nH]c(N=Nc2c(O)[nH]c3c(C)cccc23)n1. The van der Waals surface area contributed by atoms with Crippen LogP contribution in [0.15, 0.2) is 39.3 Å². The summed E-state index contributed by atoms with van der Waals surface area (Å²) in [7, 11) is 0. The molecule has 0 saturated heterocycles. The van der Waals surface area contributed by atoms with E-state index >= 15 is 0 Å². The summed E-state index contributed by atoms with van der Waals surface area (Å²) in [6.07, 6.45) is 0. The average Bonchev–Trinajstić information content (AvgIpc) is 2.73. The Morgan fingerprint density at radius 1 is 1.19 bits per heavy atom. The van der Waals surface area contributed by atoms with Gasteiger partial charge in [-0.2, -0.15) is 0 Å². The van der Waals surface area contributed by atoms with E-state index in [2.05, 4.69) is 25.2 Å². The van der Waals surface area contributed by atoms with Gasteiger partial charge in [0.1, 0.15) is 0 Å². The molecule has 0 amide bonds. The second-order valence-corrected chi connectivity index (χ2v) is 4.73. The van der Waals surface area contributed by atoms with E-state index in [9.17, 15) is 9.90 Å². The first-order valence-electron chi connectivity index (χ1n) is 6.34. The van der Waals surface area contributed by atoms with E-state index in [1.165, 1.54) is 6.07 Å². The molecule has 21 heavy (non-hydrogen) atoms. The van der Waals surface area contributed by atoms with Crippen LogP contribution in [0, 0.1) is 13.8 Å². The van der Waals surface area contributed by atoms with Crippen LogP contribution < -0.4 is 5.56 Å². The quantitative estimate of drug-likeness (QED) is 0.629. The number of aromatic hydroxyl groups is 1. The number of nitrogens with zero attached hydrogens (tertiary/aromatic N) is 3. The van der Waals surface area contributed by atoms with Gasteiger partial charge in [-0.25, -0.2) is 4.98 Å². The summed E-state index contributed by atoms with van der Waals surface area (Å²) >= 11 is 0. The zero-order chi connectivity index (χ0) is 15.0. The van der Waals surface area contributed by atoms with Crippen molar-refractivity contribution in [3.63, 3.8) is 0 Å². The molecule has 2 aromatic heterocycles. The van der Waals surface area contributed by atoms with Gasteiger partial charge >= 0.3 is 0 Å². The summed E-state index contributed by atoms with van der Waals surface area (Å²) in [4.78, 5) is 20.7. The van der Waals surface area contributed by atoms with Crippen LogP contribution in [0.4, 0.5) is 11.6 Å². The van der Waals surface area contributed by atoms with Crippen LogP contribution in [0.25, 0.3) is 10.9 Å². The van der Waals surface area contributed by atoms with Crippen LogP contribution in [-0.2, 0) is 0 Å². The number of aromatic amines is 2. The maximum Gasteiger partial charge on any atom is 0.252 e. The molecule has 3 rings (SSSR count). The molecular formula is C14H13N5O2. The van der Waals surface area contributed by atoms with Gasteiger partial charge in [0.05, 0.1) is 5.52 Å². The predicted octanol–water partition coefficient (Wildman–Crippen LogP) is 2.99. The molecule has 106 valence electrons. The summed E-state index contributed by atoms with van der Waals surface area (Å²) < 4.78 is 0. The fraction of sp³-hybridized carbons (Fsp3) is 0.143. The highest BCUT2D eigenvalue weighted by Crippen LogP contribution is 2.36. The van der Waals surface area contributed by atoms with Gasteiger partial charge in [0.2, 0.25) is 11.8 Å². The molecule has 2 heterocycles. The molecule has 7 heteroatoms. The first kappa shape index (κ1) is 13.0. The van der Waals surface area contributed by atoms with E-state index in [1.54, 1.807) is 6.92 Å². The molecule has 1 aromatic carbocycles. The topological polar surface area (TPSA) is 106 Å². The lowest BCUT2D eigenvalue weighted by molar-refractivity contribution is 0.459. The van der Waals surface area contributed by atoms with E-state index in [1.807, 2.05) is 25.1 Å². The van der Waals surface area contributed by atoms with Gasteiger partial charge in [0.15, 0.2) is 5.69 Å². The van der Waals surface area contributed by atoms with Gasteiger partial charge in [-0.15, -0.1) is 10.2 Å². The van der Waals surface area contributed by atoms with Gasteiger partial charge in [0.25, 0.3) is 5.56 Å². The first-order valence-corrected chi connectivity index (χ1v) is 6.34. The summed E-state index contributed by atoms with van der Waals surface area (Å²) in [5.74, 6) is 0.0273. The van der Waals surface area contributed by atoms with Crippen molar-refractivity contribution in [2.75, 3.05) is 0 Å². The number of rotatable bonds is 2. The predicted molar refractivity (Wildman–Crippen MR) is 78.5 cm³/mol. The molecule has 0 radical (unpaired) electrons. The molecule has 3 N–H and O–H groups in total. The van der Waals surface area contributed by atoms with Crippen molar-refractivity contribution < 1.29 is 5.11 Å². The third-order valence-electron chi connectivity index (χ3n) is 3.10. The van der Waals surface area contributed by atoms with E-state index in [-0.39, 0.29) is 17.4 Å². The lowest BCUT2D eigenvalue weighted by Gasteiger charge is -1.95. The molecule has 0 aliphatic rings. The number of hydrogen-bond acceptors (Lipinski definition) is 5. The molecule has 0 aliphatic heterocycles. The maximum atomic E-state index is 11.3. The van der Waals surface area contributed by atoms with Crippen LogP contribution in [0.3, 0.4) is 0 Å². The summed E-state index contributed by atoms with van der Waals surface area (Å²) in [5, 5.41) is 18.6. The van der Waals surface area contributed by atoms with E-state index < -0.39 is 0 Å². The van der Waals surface area contributed by atoms with Crippen LogP contribution >= 0.6 is 0 Å². The maximum absolute atomic E-state index is 11.3. The number of hydrogen-bond donors (Lipinski definition) is 3. The highest BCUT2D eigenvalue weighted by Gasteiger charge is 2.11. The van der Waals surface area contributed by atoms with Crippen molar-refractivity contribution in [2.45, 2.75) is 13.8 Å². The number of fused-ring (bicyclic) bond motifs is 1. The third-order valence-corrected chi connectivity index (χ3v) is 3.10. The van der Waals surface area contributed by atoms with Crippen molar-refractivity contribution in [3.05, 3.63) is 45.9 Å². The zero-order valence-corrected chi connectivity index (χ0v) is 11.5. The number of aryl methyl sites for hydroxylation is 2. The second kappa shape index (κ2) is 4.86. The smallest absolute Gasteiger partial charge is 0.252 e. The molecule has 0 unspecified atom stereocenters. The lowest BCUT2D eigenvalue weighted by atomic mass is 10.1. The summed E-state index contributed by atoms with van der Waals surface area (Å²) in [6.45, 7) is 3.62. The first-order chi connectivity index (χ1) is 10.0. The van der Waals surface area contributed by atoms with Gasteiger partial charge in [0, 0.05) is 17.1 Å². The minimum atomic E-state index is -0.296. The molecule has 7 nitrogen and oxygen atoms in total. The second-order valence-electron chi connectivity index (χ2n) is 4.73. The number of aromatic nitrogens is 3. The minimum Gasteiger partial charge on any atom is -0.493 e. The Bertz CT molecular complexity index is 907. The highest BCUT2D eigenvalue weighted by molar-refractivity contribution is 5.95. The van der Waals surface area contributed by atoms with Gasteiger partial charge < -0.3 is 10.1 Å². The Kier molecular flexibility index (Phi) is 3.02. The van der Waals surface area contributed by atoms with Crippen molar-refractivity contribution in [1.29, 1.82) is 0 Å². The van der Waals surface area contributed by atoms with Crippen LogP contribution in [-0.4, -0.2) is 20.1 Å². The van der Waals surface area contributed by atoms with E-state index in [4.69, 9.17) is 0 Å². The molecular weight excluding hydrogens is 270 g/mol. The number of nitrogens with one attached hydrogen (secondary N) is 2. The third kappa shape index (κ3) is 2.40. The van der Waals surface area contributed by atoms with Crippen LogP contribution in [0.2, 0.25) is 0 Å². The number of H-pyrrole nitrogens is 2. The summed E-state index contributed by atoms with van der Waals surface area (Å²) in [5.41, 5.74) is 2.36. The molecule has 0 fully saturated rings. The molecule has 0 saturated carbocycles. The van der Waals surface area contributed by atoms with Crippen molar-refractivity contribution >= 4 is 22.5 Å². The van der Waals surface area contributed by atoms with Crippen LogP contribution in [0.5, 0.6) is 5.88 Å². The number of benzene rings is 1. The number of azo groups is 1. The zero-order valence-electron chi connectivity index (χ0n) is 11.5.